The molecule has 0 aliphatic carbocycles. The zero-order valence-corrected chi connectivity index (χ0v) is 14.6. The number of aromatic nitrogens is 4. The van der Waals surface area contributed by atoms with Crippen molar-refractivity contribution in [3.63, 3.8) is 0 Å². The van der Waals surface area contributed by atoms with Gasteiger partial charge in [-0.3, -0.25) is 0 Å². The Bertz CT molecular complexity index is 1110. The van der Waals surface area contributed by atoms with Crippen molar-refractivity contribution in [1.82, 2.24) is 19.8 Å². The first-order valence-corrected chi connectivity index (χ1v) is 8.33. The molecule has 0 bridgehead atoms. The molecule has 9 heteroatoms. The van der Waals surface area contributed by atoms with Gasteiger partial charge in [0.25, 0.3) is 0 Å². The van der Waals surface area contributed by atoms with Gasteiger partial charge >= 0.3 is 0 Å². The van der Waals surface area contributed by atoms with E-state index in [0.717, 1.165) is 11.6 Å². The third-order valence-electron chi connectivity index (χ3n) is 3.82. The summed E-state index contributed by atoms with van der Waals surface area (Å²) in [5.41, 5.74) is 0.727. The monoisotopic (exact) mass is 374 g/mol. The molecule has 6 nitrogen and oxygen atoms in total. The lowest BCUT2D eigenvalue weighted by Crippen LogP contribution is -1.96. The highest BCUT2D eigenvalue weighted by Gasteiger charge is 2.20. The van der Waals surface area contributed by atoms with Gasteiger partial charge in [-0.1, -0.05) is 17.4 Å². The Kier molecular flexibility index (Phi) is 4.00. The molecular weight excluding hydrogens is 362 g/mol. The van der Waals surface area contributed by atoms with Gasteiger partial charge in [-0.2, -0.15) is 9.61 Å². The zero-order chi connectivity index (χ0) is 18.3. The molecule has 0 fully saturated rings. The number of hydrogen-bond donors (Lipinski definition) is 0. The van der Waals surface area contributed by atoms with E-state index in [2.05, 4.69) is 15.3 Å². The first-order chi connectivity index (χ1) is 12.6. The predicted molar refractivity (Wildman–Crippen MR) is 92.6 cm³/mol. The first kappa shape index (κ1) is 16.4. The molecule has 0 aliphatic heterocycles. The summed E-state index contributed by atoms with van der Waals surface area (Å²) in [6.45, 7) is 0. The molecule has 0 aliphatic rings. The van der Waals surface area contributed by atoms with Crippen LogP contribution in [0, 0.1) is 11.6 Å². The van der Waals surface area contributed by atoms with E-state index in [-0.39, 0.29) is 11.4 Å². The third-order valence-corrected chi connectivity index (χ3v) is 4.75. The maximum Gasteiger partial charge on any atom is 0.235 e. The van der Waals surface area contributed by atoms with Crippen LogP contribution in [0.2, 0.25) is 0 Å². The van der Waals surface area contributed by atoms with Crippen LogP contribution in [0.1, 0.15) is 0 Å². The van der Waals surface area contributed by atoms with E-state index in [1.165, 1.54) is 28.0 Å². The third kappa shape index (κ3) is 2.57. The Morgan fingerprint density at radius 3 is 2.62 bits per heavy atom. The molecule has 4 rings (SSSR count). The predicted octanol–water partition coefficient (Wildman–Crippen LogP) is 3.82. The molecule has 4 aromatic rings. The van der Waals surface area contributed by atoms with E-state index < -0.39 is 11.6 Å². The van der Waals surface area contributed by atoms with Crippen LogP contribution >= 0.6 is 11.3 Å². The zero-order valence-electron chi connectivity index (χ0n) is 13.7. The molecule has 0 saturated carbocycles. The fraction of sp³-hybridized carbons (Fsp3) is 0.118. The van der Waals surface area contributed by atoms with Crippen molar-refractivity contribution in [3.05, 3.63) is 48.0 Å². The Balaban J connectivity index is 1.86. The number of fused-ring (bicyclic) bond motifs is 1. The minimum absolute atomic E-state index is 0.00366. The van der Waals surface area contributed by atoms with Crippen LogP contribution < -0.4 is 9.47 Å². The molecule has 0 amide bonds. The molecule has 132 valence electrons. The summed E-state index contributed by atoms with van der Waals surface area (Å²) < 4.78 is 39.6. The SMILES string of the molecule is COc1ccc(-c2nn3c(-c4cccc(F)c4F)nnc3s2)c(OC)c1. The van der Waals surface area contributed by atoms with Crippen LogP contribution in [0.25, 0.3) is 26.9 Å². The van der Waals surface area contributed by atoms with Crippen LogP contribution in [0.15, 0.2) is 36.4 Å². The molecule has 0 N–H and O–H groups in total. The smallest absolute Gasteiger partial charge is 0.235 e. The summed E-state index contributed by atoms with van der Waals surface area (Å²) in [6.07, 6.45) is 0. The fourth-order valence-corrected chi connectivity index (χ4v) is 3.41. The average Bonchev–Trinajstić information content (AvgIpc) is 3.24. The number of hydrogen-bond acceptors (Lipinski definition) is 6. The van der Waals surface area contributed by atoms with Crippen molar-refractivity contribution in [2.45, 2.75) is 0 Å². The van der Waals surface area contributed by atoms with Gasteiger partial charge in [0.1, 0.15) is 11.5 Å². The number of benzene rings is 2. The van der Waals surface area contributed by atoms with Gasteiger partial charge < -0.3 is 9.47 Å². The minimum Gasteiger partial charge on any atom is -0.497 e. The van der Waals surface area contributed by atoms with E-state index in [1.54, 1.807) is 26.4 Å². The second kappa shape index (κ2) is 6.34. The second-order valence-corrected chi connectivity index (χ2v) is 6.25. The largest absolute Gasteiger partial charge is 0.497 e. The summed E-state index contributed by atoms with van der Waals surface area (Å²) in [6, 6.07) is 9.23. The molecule has 0 atom stereocenters. The van der Waals surface area contributed by atoms with Crippen molar-refractivity contribution in [2.75, 3.05) is 14.2 Å². The number of methoxy groups -OCH3 is 2. The molecule has 2 aromatic heterocycles. The topological polar surface area (TPSA) is 61.5 Å². The number of rotatable bonds is 4. The summed E-state index contributed by atoms with van der Waals surface area (Å²) in [5.74, 6) is -0.583. The molecular formula is C17H12F2N4O2S. The highest BCUT2D eigenvalue weighted by atomic mass is 32.1. The quantitative estimate of drug-likeness (QED) is 0.544. The standard InChI is InChI=1S/C17H12F2N4O2S/c1-24-9-6-7-10(13(8-9)25-2)16-22-23-15(20-21-17(23)26-16)11-4-3-5-12(18)14(11)19/h3-8H,1-2H3. The summed E-state index contributed by atoms with van der Waals surface area (Å²) in [5, 5.41) is 13.0. The lowest BCUT2D eigenvalue weighted by molar-refractivity contribution is 0.395. The van der Waals surface area contributed by atoms with Gasteiger partial charge in [-0.25, -0.2) is 8.78 Å². The highest BCUT2D eigenvalue weighted by Crippen LogP contribution is 2.36. The first-order valence-electron chi connectivity index (χ1n) is 7.51. The van der Waals surface area contributed by atoms with Gasteiger partial charge in [0.15, 0.2) is 22.5 Å². The molecule has 2 heterocycles. The lowest BCUT2D eigenvalue weighted by Gasteiger charge is -2.07. The molecule has 0 saturated heterocycles. The van der Waals surface area contributed by atoms with Crippen molar-refractivity contribution >= 4 is 16.3 Å². The summed E-state index contributed by atoms with van der Waals surface area (Å²) >= 11 is 1.26. The fourth-order valence-electron chi connectivity index (χ4n) is 2.55. The van der Waals surface area contributed by atoms with E-state index >= 15 is 0 Å². The van der Waals surface area contributed by atoms with Gasteiger partial charge in [0.2, 0.25) is 4.96 Å². The highest BCUT2D eigenvalue weighted by molar-refractivity contribution is 7.19. The number of nitrogens with zero attached hydrogens (tertiary/aromatic N) is 4. The van der Waals surface area contributed by atoms with E-state index in [0.29, 0.717) is 21.5 Å². The lowest BCUT2D eigenvalue weighted by atomic mass is 10.2. The Hall–Kier alpha value is -3.07. The van der Waals surface area contributed by atoms with Crippen molar-refractivity contribution < 1.29 is 18.3 Å². The Morgan fingerprint density at radius 2 is 1.85 bits per heavy atom. The van der Waals surface area contributed by atoms with Crippen molar-refractivity contribution in [1.29, 1.82) is 0 Å². The van der Waals surface area contributed by atoms with Crippen molar-refractivity contribution in [3.8, 4) is 33.5 Å². The van der Waals surface area contributed by atoms with E-state index in [1.807, 2.05) is 6.07 Å². The van der Waals surface area contributed by atoms with Crippen molar-refractivity contribution in [2.24, 2.45) is 0 Å². The van der Waals surface area contributed by atoms with E-state index in [4.69, 9.17) is 9.47 Å². The second-order valence-electron chi connectivity index (χ2n) is 5.29. The van der Waals surface area contributed by atoms with Crippen LogP contribution in [0.5, 0.6) is 11.5 Å². The maximum atomic E-state index is 14.1. The number of ether oxygens (including phenoxy) is 2. The Labute approximate surface area is 150 Å². The van der Waals surface area contributed by atoms with Crippen LogP contribution in [-0.2, 0) is 0 Å². The molecule has 0 unspecified atom stereocenters. The molecule has 26 heavy (non-hydrogen) atoms. The summed E-state index contributed by atoms with van der Waals surface area (Å²) in [7, 11) is 3.11. The average molecular weight is 374 g/mol. The van der Waals surface area contributed by atoms with Gasteiger partial charge in [0, 0.05) is 6.07 Å². The number of halogens is 2. The molecule has 0 radical (unpaired) electrons. The van der Waals surface area contributed by atoms with Gasteiger partial charge in [-0.05, 0) is 24.3 Å². The van der Waals surface area contributed by atoms with Crippen LogP contribution in [0.3, 0.4) is 0 Å². The molecule has 2 aromatic carbocycles. The van der Waals surface area contributed by atoms with Gasteiger partial charge in [-0.15, -0.1) is 10.2 Å². The van der Waals surface area contributed by atoms with Gasteiger partial charge in [0.05, 0.1) is 25.3 Å². The van der Waals surface area contributed by atoms with E-state index in [9.17, 15) is 8.78 Å². The summed E-state index contributed by atoms with van der Waals surface area (Å²) in [4.78, 5) is 0.455. The van der Waals surface area contributed by atoms with Crippen LogP contribution in [0.4, 0.5) is 8.78 Å². The minimum atomic E-state index is -0.988. The van der Waals surface area contributed by atoms with Crippen LogP contribution in [-0.4, -0.2) is 34.0 Å². The Morgan fingerprint density at radius 1 is 1.00 bits per heavy atom. The maximum absolute atomic E-state index is 14.1. The molecule has 0 spiro atoms. The normalized spacial score (nSPS) is 11.1.